The van der Waals surface area contributed by atoms with E-state index in [-0.39, 0.29) is 5.91 Å². The Hall–Kier alpha value is -1.63. The van der Waals surface area contributed by atoms with Crippen molar-refractivity contribution in [3.8, 4) is 5.75 Å². The Morgan fingerprint density at radius 2 is 2.15 bits per heavy atom. The lowest BCUT2D eigenvalue weighted by Gasteiger charge is -2.31. The number of nitrogens with two attached hydrogens (primary N) is 1. The molecule has 6 nitrogen and oxygen atoms in total. The average molecular weight is 378 g/mol. The summed E-state index contributed by atoms with van der Waals surface area (Å²) in [5.74, 6) is 0.708. The Morgan fingerprint density at radius 3 is 2.85 bits per heavy atom. The van der Waals surface area contributed by atoms with Gasteiger partial charge in [-0.3, -0.25) is 9.69 Å². The van der Waals surface area contributed by atoms with E-state index in [0.717, 1.165) is 50.3 Å². The van der Waals surface area contributed by atoms with Crippen molar-refractivity contribution in [1.29, 1.82) is 0 Å². The third-order valence-corrected chi connectivity index (χ3v) is 5.17. The molecule has 0 saturated carbocycles. The fourth-order valence-electron chi connectivity index (χ4n) is 3.38. The number of rotatable bonds is 10. The predicted octanol–water partition coefficient (Wildman–Crippen LogP) is 2.31. The molecule has 0 radical (unpaired) electrons. The Labute approximate surface area is 163 Å². The molecule has 1 aromatic rings. The average Bonchev–Trinajstić information content (AvgIpc) is 2.67. The lowest BCUT2D eigenvalue weighted by Crippen LogP contribution is -2.51. The summed E-state index contributed by atoms with van der Waals surface area (Å²) < 4.78 is 11.3. The Morgan fingerprint density at radius 1 is 1.41 bits per heavy atom. The van der Waals surface area contributed by atoms with Gasteiger partial charge in [-0.15, -0.1) is 0 Å². The SMILES string of the molecule is CCCC(C)(N)C(=O)NCc1cccc(OCCN(C)C2CCOCC2)c1. The normalized spacial score (nSPS) is 17.5. The highest BCUT2D eigenvalue weighted by molar-refractivity contribution is 5.85. The molecule has 2 rings (SSSR count). The summed E-state index contributed by atoms with van der Waals surface area (Å²) >= 11 is 0. The third-order valence-electron chi connectivity index (χ3n) is 5.17. The van der Waals surface area contributed by atoms with Gasteiger partial charge in [0, 0.05) is 32.3 Å². The number of carbonyl (C=O) groups excluding carboxylic acids is 1. The van der Waals surface area contributed by atoms with Gasteiger partial charge < -0.3 is 20.5 Å². The number of nitrogens with zero attached hydrogens (tertiary/aromatic N) is 1. The first-order chi connectivity index (χ1) is 12.9. The fourth-order valence-corrected chi connectivity index (χ4v) is 3.38. The van der Waals surface area contributed by atoms with Crippen LogP contribution in [0.2, 0.25) is 0 Å². The van der Waals surface area contributed by atoms with Crippen LogP contribution in [0.1, 0.15) is 45.1 Å². The van der Waals surface area contributed by atoms with Gasteiger partial charge in [-0.2, -0.15) is 0 Å². The molecule has 1 fully saturated rings. The van der Waals surface area contributed by atoms with Crippen molar-refractivity contribution >= 4 is 5.91 Å². The molecular formula is C21H35N3O3. The van der Waals surface area contributed by atoms with E-state index >= 15 is 0 Å². The molecule has 1 saturated heterocycles. The molecule has 6 heteroatoms. The van der Waals surface area contributed by atoms with Crippen molar-refractivity contribution in [1.82, 2.24) is 10.2 Å². The second-order valence-corrected chi connectivity index (χ2v) is 7.67. The van der Waals surface area contributed by atoms with Crippen molar-refractivity contribution < 1.29 is 14.3 Å². The first-order valence-electron chi connectivity index (χ1n) is 9.99. The molecule has 0 aromatic heterocycles. The van der Waals surface area contributed by atoms with Crippen LogP contribution in [0.3, 0.4) is 0 Å². The van der Waals surface area contributed by atoms with Gasteiger partial charge in [-0.05, 0) is 50.9 Å². The van der Waals surface area contributed by atoms with E-state index in [9.17, 15) is 4.79 Å². The van der Waals surface area contributed by atoms with E-state index < -0.39 is 5.54 Å². The first kappa shape index (κ1) is 21.7. The fraction of sp³-hybridized carbons (Fsp3) is 0.667. The molecule has 152 valence electrons. The summed E-state index contributed by atoms with van der Waals surface area (Å²) in [7, 11) is 2.14. The lowest BCUT2D eigenvalue weighted by molar-refractivity contribution is -0.126. The minimum atomic E-state index is -0.822. The van der Waals surface area contributed by atoms with Gasteiger partial charge in [0.1, 0.15) is 12.4 Å². The molecule has 0 aliphatic carbocycles. The molecule has 0 spiro atoms. The van der Waals surface area contributed by atoms with E-state index in [0.29, 0.717) is 25.6 Å². The minimum absolute atomic E-state index is 0.117. The standard InChI is InChI=1S/C21H35N3O3/c1-4-10-21(2,22)20(25)23-16-17-6-5-7-19(15-17)27-14-11-24(3)18-8-12-26-13-9-18/h5-7,15,18H,4,8-14,16,22H2,1-3H3,(H,23,25). The number of hydrogen-bond acceptors (Lipinski definition) is 5. The van der Waals surface area contributed by atoms with Gasteiger partial charge in [-0.1, -0.05) is 25.5 Å². The van der Waals surface area contributed by atoms with Crippen LogP contribution in [-0.2, 0) is 16.1 Å². The van der Waals surface area contributed by atoms with E-state index in [1.807, 2.05) is 31.2 Å². The van der Waals surface area contributed by atoms with Crippen LogP contribution in [0.25, 0.3) is 0 Å². The highest BCUT2D eigenvalue weighted by Gasteiger charge is 2.26. The van der Waals surface area contributed by atoms with Gasteiger partial charge in [-0.25, -0.2) is 0 Å². The van der Waals surface area contributed by atoms with E-state index in [2.05, 4.69) is 17.3 Å². The Bertz CT molecular complexity index is 586. The van der Waals surface area contributed by atoms with E-state index in [1.165, 1.54) is 0 Å². The highest BCUT2D eigenvalue weighted by atomic mass is 16.5. The van der Waals surface area contributed by atoms with Crippen molar-refractivity contribution in [3.63, 3.8) is 0 Å². The highest BCUT2D eigenvalue weighted by Crippen LogP contribution is 2.16. The summed E-state index contributed by atoms with van der Waals surface area (Å²) in [6.45, 7) is 7.48. The number of nitrogens with one attached hydrogen (secondary N) is 1. The lowest BCUT2D eigenvalue weighted by atomic mass is 9.96. The van der Waals surface area contributed by atoms with Gasteiger partial charge in [0.2, 0.25) is 5.91 Å². The van der Waals surface area contributed by atoms with Crippen LogP contribution in [-0.4, -0.2) is 55.8 Å². The molecule has 1 unspecified atom stereocenters. The zero-order valence-electron chi connectivity index (χ0n) is 17.0. The van der Waals surface area contributed by atoms with Crippen molar-refractivity contribution in [2.24, 2.45) is 5.73 Å². The molecule has 27 heavy (non-hydrogen) atoms. The summed E-state index contributed by atoms with van der Waals surface area (Å²) in [5, 5.41) is 2.93. The molecular weight excluding hydrogens is 342 g/mol. The quantitative estimate of drug-likeness (QED) is 0.654. The van der Waals surface area contributed by atoms with Crippen LogP contribution in [0.4, 0.5) is 0 Å². The number of amides is 1. The smallest absolute Gasteiger partial charge is 0.240 e. The molecule has 1 atom stereocenters. The van der Waals surface area contributed by atoms with Crippen LogP contribution in [0.15, 0.2) is 24.3 Å². The number of likely N-dealkylation sites (N-methyl/N-ethyl adjacent to an activating group) is 1. The first-order valence-corrected chi connectivity index (χ1v) is 9.99. The molecule has 1 aromatic carbocycles. The maximum absolute atomic E-state index is 12.2. The maximum atomic E-state index is 12.2. The van der Waals surface area contributed by atoms with Gasteiger partial charge in [0.05, 0.1) is 5.54 Å². The van der Waals surface area contributed by atoms with E-state index in [1.54, 1.807) is 6.92 Å². The van der Waals surface area contributed by atoms with Gasteiger partial charge in [0.25, 0.3) is 0 Å². The van der Waals surface area contributed by atoms with Crippen molar-refractivity contribution in [2.45, 2.75) is 57.7 Å². The zero-order valence-corrected chi connectivity index (χ0v) is 17.0. The third kappa shape index (κ3) is 7.13. The second-order valence-electron chi connectivity index (χ2n) is 7.67. The van der Waals surface area contributed by atoms with Crippen LogP contribution in [0.5, 0.6) is 5.75 Å². The molecule has 1 aliphatic rings. The zero-order chi connectivity index (χ0) is 19.7. The van der Waals surface area contributed by atoms with Crippen LogP contribution in [0, 0.1) is 0 Å². The Balaban J connectivity index is 1.76. The molecule has 1 aliphatic heterocycles. The minimum Gasteiger partial charge on any atom is -0.492 e. The summed E-state index contributed by atoms with van der Waals surface area (Å²) in [6.07, 6.45) is 3.72. The number of ether oxygens (including phenoxy) is 2. The Kier molecular flexibility index (Phi) is 8.54. The molecule has 0 bridgehead atoms. The molecule has 1 amide bonds. The van der Waals surface area contributed by atoms with Crippen LogP contribution >= 0.6 is 0 Å². The van der Waals surface area contributed by atoms with Gasteiger partial charge in [0.15, 0.2) is 0 Å². The number of carbonyl (C=O) groups is 1. The summed E-state index contributed by atoms with van der Waals surface area (Å²) in [4.78, 5) is 14.6. The number of hydrogen-bond donors (Lipinski definition) is 2. The van der Waals surface area contributed by atoms with Gasteiger partial charge >= 0.3 is 0 Å². The summed E-state index contributed by atoms with van der Waals surface area (Å²) in [5.41, 5.74) is 6.25. The second kappa shape index (κ2) is 10.6. The number of benzene rings is 1. The predicted molar refractivity (Wildman–Crippen MR) is 108 cm³/mol. The molecule has 1 heterocycles. The van der Waals surface area contributed by atoms with Crippen LogP contribution < -0.4 is 15.8 Å². The van der Waals surface area contributed by atoms with Crippen molar-refractivity contribution in [3.05, 3.63) is 29.8 Å². The largest absolute Gasteiger partial charge is 0.492 e. The monoisotopic (exact) mass is 377 g/mol. The van der Waals surface area contributed by atoms with E-state index in [4.69, 9.17) is 15.2 Å². The topological polar surface area (TPSA) is 76.8 Å². The molecule has 3 N–H and O–H groups in total. The summed E-state index contributed by atoms with van der Waals surface area (Å²) in [6, 6.07) is 8.44. The maximum Gasteiger partial charge on any atom is 0.240 e. The van der Waals surface area contributed by atoms with Crippen molar-refractivity contribution in [2.75, 3.05) is 33.4 Å².